The monoisotopic (exact) mass is 332 g/mol. The maximum atomic E-state index is 12.1. The van der Waals surface area contributed by atoms with Crippen LogP contribution in [-0.2, 0) is 11.2 Å². The first-order valence-electron chi connectivity index (χ1n) is 9.35. The first kappa shape index (κ1) is 18.8. The molecule has 1 aromatic rings. The summed E-state index contributed by atoms with van der Waals surface area (Å²) < 4.78 is 5.78. The number of piperidine rings is 1. The maximum absolute atomic E-state index is 12.1. The van der Waals surface area contributed by atoms with Crippen molar-refractivity contribution in [3.63, 3.8) is 0 Å². The lowest BCUT2D eigenvalue weighted by Crippen LogP contribution is -2.33. The molecule has 24 heavy (non-hydrogen) atoms. The minimum atomic E-state index is 0.208. The number of likely N-dealkylation sites (tertiary alicyclic amines) is 1. The smallest absolute Gasteiger partial charge is 0.220 e. The summed E-state index contributed by atoms with van der Waals surface area (Å²) in [4.78, 5) is 14.4. The number of rotatable bonds is 9. The van der Waals surface area contributed by atoms with Crippen LogP contribution in [0.2, 0.25) is 0 Å². The molecule has 0 aliphatic carbocycles. The van der Waals surface area contributed by atoms with Gasteiger partial charge in [0, 0.05) is 13.0 Å². The van der Waals surface area contributed by atoms with Gasteiger partial charge in [-0.3, -0.25) is 4.79 Å². The predicted octanol–water partition coefficient (Wildman–Crippen LogP) is 3.26. The minimum Gasteiger partial charge on any atom is -0.493 e. The van der Waals surface area contributed by atoms with Crippen molar-refractivity contribution in [1.82, 2.24) is 10.2 Å². The molecule has 0 spiro atoms. The van der Waals surface area contributed by atoms with Gasteiger partial charge in [0.2, 0.25) is 5.91 Å². The van der Waals surface area contributed by atoms with Crippen molar-refractivity contribution in [3.05, 3.63) is 29.8 Å². The van der Waals surface area contributed by atoms with Gasteiger partial charge in [-0.2, -0.15) is 0 Å². The first-order chi connectivity index (χ1) is 11.7. The molecule has 0 bridgehead atoms. The highest BCUT2D eigenvalue weighted by Gasteiger charge is 2.19. The molecular weight excluding hydrogens is 300 g/mol. The fourth-order valence-corrected chi connectivity index (χ4v) is 3.17. The highest BCUT2D eigenvalue weighted by Crippen LogP contribution is 2.20. The van der Waals surface area contributed by atoms with Crippen LogP contribution in [0.15, 0.2) is 24.3 Å². The van der Waals surface area contributed by atoms with Gasteiger partial charge in [-0.15, -0.1) is 0 Å². The quantitative estimate of drug-likeness (QED) is 0.706. The van der Waals surface area contributed by atoms with Crippen molar-refractivity contribution in [1.29, 1.82) is 0 Å². The Hall–Kier alpha value is -1.55. The molecular formula is C20H32N2O2. The van der Waals surface area contributed by atoms with E-state index in [2.05, 4.69) is 30.3 Å². The van der Waals surface area contributed by atoms with Crippen molar-refractivity contribution >= 4 is 5.91 Å². The van der Waals surface area contributed by atoms with Crippen LogP contribution in [0.5, 0.6) is 5.75 Å². The number of amides is 1. The van der Waals surface area contributed by atoms with Crippen LogP contribution in [-0.4, -0.2) is 44.1 Å². The van der Waals surface area contributed by atoms with E-state index in [9.17, 15) is 4.79 Å². The third-order valence-corrected chi connectivity index (χ3v) is 4.69. The van der Waals surface area contributed by atoms with Gasteiger partial charge in [0.15, 0.2) is 0 Å². The average Bonchev–Trinajstić information content (AvgIpc) is 2.60. The number of ether oxygens (including phenoxy) is 1. The first-order valence-corrected chi connectivity index (χ1v) is 9.35. The zero-order valence-electron chi connectivity index (χ0n) is 15.2. The fourth-order valence-electron chi connectivity index (χ4n) is 3.17. The molecule has 1 fully saturated rings. The Labute approximate surface area is 146 Å². The summed E-state index contributed by atoms with van der Waals surface area (Å²) in [5.41, 5.74) is 1.23. The second kappa shape index (κ2) is 10.3. The molecule has 0 aromatic heterocycles. The van der Waals surface area contributed by atoms with Gasteiger partial charge >= 0.3 is 0 Å². The average molecular weight is 332 g/mol. The van der Waals surface area contributed by atoms with Crippen LogP contribution >= 0.6 is 0 Å². The topological polar surface area (TPSA) is 41.6 Å². The molecule has 1 amide bonds. The predicted molar refractivity (Wildman–Crippen MR) is 98.4 cm³/mol. The maximum Gasteiger partial charge on any atom is 0.220 e. The molecule has 0 unspecified atom stereocenters. The van der Waals surface area contributed by atoms with Crippen molar-refractivity contribution in [2.75, 3.05) is 33.3 Å². The van der Waals surface area contributed by atoms with E-state index in [1.807, 2.05) is 18.2 Å². The lowest BCUT2D eigenvalue weighted by atomic mass is 9.93. The number of carbonyl (C=O) groups excluding carboxylic acids is 1. The van der Waals surface area contributed by atoms with Gasteiger partial charge < -0.3 is 15.0 Å². The summed E-state index contributed by atoms with van der Waals surface area (Å²) in [7, 11) is 2.15. The van der Waals surface area contributed by atoms with Gasteiger partial charge in [0.05, 0.1) is 6.61 Å². The Morgan fingerprint density at radius 3 is 2.79 bits per heavy atom. The number of carbonyl (C=O) groups is 1. The Balaban J connectivity index is 1.65. The molecule has 1 heterocycles. The zero-order valence-corrected chi connectivity index (χ0v) is 15.2. The van der Waals surface area contributed by atoms with Crippen LogP contribution < -0.4 is 10.1 Å². The second-order valence-electron chi connectivity index (χ2n) is 6.86. The molecule has 0 atom stereocenters. The fraction of sp³-hybridized carbons (Fsp3) is 0.650. The van der Waals surface area contributed by atoms with E-state index >= 15 is 0 Å². The van der Waals surface area contributed by atoms with Crippen molar-refractivity contribution in [3.8, 4) is 5.75 Å². The number of benzene rings is 1. The molecule has 134 valence electrons. The van der Waals surface area contributed by atoms with Gasteiger partial charge in [-0.1, -0.05) is 25.1 Å². The molecule has 0 saturated carbocycles. The van der Waals surface area contributed by atoms with E-state index in [1.165, 1.54) is 5.56 Å². The zero-order chi connectivity index (χ0) is 17.2. The Bertz CT molecular complexity index is 496. The highest BCUT2D eigenvalue weighted by atomic mass is 16.5. The number of nitrogens with one attached hydrogen (secondary N) is 1. The SMILES string of the molecule is CCCOc1ccccc1CCCNC(=O)CC1CCN(C)CC1. The van der Waals surface area contributed by atoms with E-state index in [4.69, 9.17) is 4.74 Å². The normalized spacial score (nSPS) is 16.1. The number of nitrogens with zero attached hydrogens (tertiary/aromatic N) is 1. The van der Waals surface area contributed by atoms with E-state index in [1.54, 1.807) is 0 Å². The molecule has 1 aliphatic rings. The molecule has 2 rings (SSSR count). The highest BCUT2D eigenvalue weighted by molar-refractivity contribution is 5.76. The number of hydrogen-bond acceptors (Lipinski definition) is 3. The summed E-state index contributed by atoms with van der Waals surface area (Å²) in [5.74, 6) is 1.75. The Kier molecular flexibility index (Phi) is 8.10. The molecule has 0 radical (unpaired) electrons. The Morgan fingerprint density at radius 1 is 1.29 bits per heavy atom. The summed E-state index contributed by atoms with van der Waals surface area (Å²) >= 11 is 0. The third kappa shape index (κ3) is 6.52. The van der Waals surface area contributed by atoms with E-state index in [-0.39, 0.29) is 5.91 Å². The standard InChI is InChI=1S/C20H32N2O2/c1-3-15-24-19-9-5-4-7-18(19)8-6-12-21-20(23)16-17-10-13-22(2)14-11-17/h4-5,7,9,17H,3,6,8,10-16H2,1-2H3,(H,21,23). The van der Waals surface area contributed by atoms with Crippen molar-refractivity contribution in [2.45, 2.75) is 45.4 Å². The molecule has 1 aliphatic heterocycles. The van der Waals surface area contributed by atoms with Crippen molar-refractivity contribution in [2.24, 2.45) is 5.92 Å². The Morgan fingerprint density at radius 2 is 2.04 bits per heavy atom. The van der Waals surface area contributed by atoms with E-state index in [0.29, 0.717) is 12.3 Å². The van der Waals surface area contributed by atoms with Crippen LogP contribution in [0.3, 0.4) is 0 Å². The van der Waals surface area contributed by atoms with E-state index < -0.39 is 0 Å². The third-order valence-electron chi connectivity index (χ3n) is 4.69. The second-order valence-corrected chi connectivity index (χ2v) is 6.86. The lowest BCUT2D eigenvalue weighted by molar-refractivity contribution is -0.122. The molecule has 1 N–H and O–H groups in total. The largest absolute Gasteiger partial charge is 0.493 e. The lowest BCUT2D eigenvalue weighted by Gasteiger charge is -2.28. The number of para-hydroxylation sites is 1. The number of aryl methyl sites for hydroxylation is 1. The van der Waals surface area contributed by atoms with Crippen molar-refractivity contribution < 1.29 is 9.53 Å². The van der Waals surface area contributed by atoms with E-state index in [0.717, 1.165) is 64.1 Å². The van der Waals surface area contributed by atoms with Gasteiger partial charge in [-0.05, 0) is 69.8 Å². The summed E-state index contributed by atoms with van der Waals surface area (Å²) in [6.07, 6.45) is 5.88. The molecule has 1 aromatic carbocycles. The van der Waals surface area contributed by atoms with Crippen LogP contribution in [0, 0.1) is 5.92 Å². The number of hydrogen-bond donors (Lipinski definition) is 1. The van der Waals surface area contributed by atoms with Gasteiger partial charge in [0.25, 0.3) is 0 Å². The van der Waals surface area contributed by atoms with Gasteiger partial charge in [0.1, 0.15) is 5.75 Å². The van der Waals surface area contributed by atoms with Gasteiger partial charge in [-0.25, -0.2) is 0 Å². The van der Waals surface area contributed by atoms with Crippen LogP contribution in [0.4, 0.5) is 0 Å². The van der Waals surface area contributed by atoms with Crippen LogP contribution in [0.25, 0.3) is 0 Å². The molecule has 1 saturated heterocycles. The summed E-state index contributed by atoms with van der Waals surface area (Å²) in [5, 5.41) is 3.08. The summed E-state index contributed by atoms with van der Waals surface area (Å²) in [6, 6.07) is 8.21. The molecule has 4 heteroatoms. The molecule has 4 nitrogen and oxygen atoms in total. The van der Waals surface area contributed by atoms with Crippen LogP contribution in [0.1, 0.15) is 44.6 Å². The summed E-state index contributed by atoms with van der Waals surface area (Å²) in [6.45, 7) is 5.85. The minimum absolute atomic E-state index is 0.208.